The van der Waals surface area contributed by atoms with Crippen molar-refractivity contribution in [3.8, 4) is 5.88 Å². The summed E-state index contributed by atoms with van der Waals surface area (Å²) < 4.78 is 4.99. The molecule has 4 N–H and O–H groups in total. The summed E-state index contributed by atoms with van der Waals surface area (Å²) in [6.45, 7) is 1.76. The van der Waals surface area contributed by atoms with Crippen molar-refractivity contribution < 1.29 is 14.6 Å². The van der Waals surface area contributed by atoms with Crippen LogP contribution < -0.4 is 15.8 Å². The number of nitrogens with two attached hydrogens (primary N) is 1. The van der Waals surface area contributed by atoms with Crippen LogP contribution in [0.5, 0.6) is 5.88 Å². The number of nitrogens with one attached hydrogen (secondary N) is 1. The maximum atomic E-state index is 10.6. The lowest BCUT2D eigenvalue weighted by molar-refractivity contribution is -0.125. The second-order valence-electron chi connectivity index (χ2n) is 3.16. The lowest BCUT2D eigenvalue weighted by atomic mass is 10.3. The second kappa shape index (κ2) is 5.26. The van der Waals surface area contributed by atoms with Crippen LogP contribution in [0.15, 0.2) is 6.33 Å². The maximum Gasteiger partial charge on any atom is 0.248 e. The molecule has 1 rings (SSSR count). The molecule has 0 saturated heterocycles. The first kappa shape index (κ1) is 12.2. The number of aromatic nitrogens is 2. The van der Waals surface area contributed by atoms with E-state index in [2.05, 4.69) is 15.3 Å². The molecular formula is C9H14N4O3. The predicted molar refractivity (Wildman–Crippen MR) is 57.0 cm³/mol. The first-order chi connectivity index (χ1) is 7.56. The Hall–Kier alpha value is -1.89. The van der Waals surface area contributed by atoms with Crippen molar-refractivity contribution in [3.63, 3.8) is 0 Å². The largest absolute Gasteiger partial charge is 0.481 e. The molecule has 0 aliphatic rings. The van der Waals surface area contributed by atoms with Crippen LogP contribution >= 0.6 is 0 Å². The van der Waals surface area contributed by atoms with Gasteiger partial charge in [0.05, 0.1) is 19.2 Å². The molecule has 1 atom stereocenters. The number of aliphatic hydroxyl groups excluding tert-OH is 1. The highest BCUT2D eigenvalue weighted by molar-refractivity contribution is 5.79. The van der Waals surface area contributed by atoms with Crippen molar-refractivity contribution >= 4 is 11.7 Å². The Balaban J connectivity index is 2.71. The highest BCUT2D eigenvalue weighted by Crippen LogP contribution is 2.19. The lowest BCUT2D eigenvalue weighted by Crippen LogP contribution is -2.34. The molecule has 16 heavy (non-hydrogen) atoms. The van der Waals surface area contributed by atoms with Crippen molar-refractivity contribution in [3.05, 3.63) is 11.9 Å². The molecule has 1 aromatic rings. The van der Waals surface area contributed by atoms with Crippen LogP contribution in [0.3, 0.4) is 0 Å². The minimum atomic E-state index is -1.25. The van der Waals surface area contributed by atoms with Gasteiger partial charge < -0.3 is 20.9 Å². The quantitative estimate of drug-likeness (QED) is 0.597. The van der Waals surface area contributed by atoms with Gasteiger partial charge in [0.25, 0.3) is 0 Å². The van der Waals surface area contributed by atoms with E-state index in [1.54, 1.807) is 6.92 Å². The standard InChI is InChI=1S/C9H14N4O3/c1-5-8(11-3-6(14)7(10)15)12-4-13-9(5)16-2/h4,6,14H,3H2,1-2H3,(H2,10,15)(H,11,12,13). The van der Waals surface area contributed by atoms with Gasteiger partial charge in [-0.1, -0.05) is 0 Å². The van der Waals surface area contributed by atoms with Crippen LogP contribution in [-0.4, -0.2) is 40.7 Å². The van der Waals surface area contributed by atoms with Crippen molar-refractivity contribution in [2.75, 3.05) is 19.0 Å². The number of anilines is 1. The number of aliphatic hydroxyl groups is 1. The SMILES string of the molecule is COc1ncnc(NCC(O)C(N)=O)c1C. The number of methoxy groups -OCH3 is 1. The Bertz CT molecular complexity index is 383. The van der Waals surface area contributed by atoms with Crippen LogP contribution in [0.1, 0.15) is 5.56 Å². The summed E-state index contributed by atoms with van der Waals surface area (Å²) >= 11 is 0. The highest BCUT2D eigenvalue weighted by atomic mass is 16.5. The molecule has 7 heteroatoms. The number of nitrogens with zero attached hydrogens (tertiary/aromatic N) is 2. The Morgan fingerprint density at radius 2 is 2.38 bits per heavy atom. The number of rotatable bonds is 5. The zero-order valence-corrected chi connectivity index (χ0v) is 9.10. The summed E-state index contributed by atoms with van der Waals surface area (Å²) in [7, 11) is 1.50. The Kier molecular flexibility index (Phi) is 4.01. The fourth-order valence-electron chi connectivity index (χ4n) is 1.11. The smallest absolute Gasteiger partial charge is 0.248 e. The number of primary amides is 1. The predicted octanol–water partition coefficient (Wildman–Crippen LogP) is -0.948. The molecule has 1 unspecified atom stereocenters. The number of ether oxygens (including phenoxy) is 1. The number of hydrogen-bond donors (Lipinski definition) is 3. The Morgan fingerprint density at radius 1 is 1.69 bits per heavy atom. The summed E-state index contributed by atoms with van der Waals surface area (Å²) in [6.07, 6.45) is 0.0746. The number of carbonyl (C=O) groups excluding carboxylic acids is 1. The molecule has 0 bridgehead atoms. The van der Waals surface area contributed by atoms with E-state index < -0.39 is 12.0 Å². The van der Waals surface area contributed by atoms with Gasteiger partial charge in [0.15, 0.2) is 0 Å². The van der Waals surface area contributed by atoms with E-state index in [1.165, 1.54) is 13.4 Å². The minimum Gasteiger partial charge on any atom is -0.481 e. The highest BCUT2D eigenvalue weighted by Gasteiger charge is 2.12. The van der Waals surface area contributed by atoms with E-state index in [9.17, 15) is 9.90 Å². The van der Waals surface area contributed by atoms with Crippen LogP contribution in [-0.2, 0) is 4.79 Å². The normalized spacial score (nSPS) is 11.9. The first-order valence-electron chi connectivity index (χ1n) is 4.63. The van der Waals surface area contributed by atoms with Gasteiger partial charge in [0, 0.05) is 0 Å². The van der Waals surface area contributed by atoms with Gasteiger partial charge in [-0.3, -0.25) is 4.79 Å². The minimum absolute atomic E-state index is 0.00363. The summed E-state index contributed by atoms with van der Waals surface area (Å²) in [5, 5.41) is 12.0. The Morgan fingerprint density at radius 3 is 2.94 bits per heavy atom. The zero-order valence-electron chi connectivity index (χ0n) is 9.10. The van der Waals surface area contributed by atoms with Gasteiger partial charge in [-0.25, -0.2) is 9.97 Å². The summed E-state index contributed by atoms with van der Waals surface area (Å²) in [5.74, 6) is 0.143. The number of hydrogen-bond acceptors (Lipinski definition) is 6. The molecule has 0 spiro atoms. The molecule has 0 radical (unpaired) electrons. The summed E-state index contributed by atoms with van der Waals surface area (Å²) in [6, 6.07) is 0. The Labute approximate surface area is 92.7 Å². The molecule has 1 amide bonds. The first-order valence-corrected chi connectivity index (χ1v) is 4.63. The van der Waals surface area contributed by atoms with E-state index in [4.69, 9.17) is 10.5 Å². The molecule has 0 fully saturated rings. The van der Waals surface area contributed by atoms with Gasteiger partial charge in [0.1, 0.15) is 18.2 Å². The van der Waals surface area contributed by atoms with Gasteiger partial charge >= 0.3 is 0 Å². The van der Waals surface area contributed by atoms with E-state index in [-0.39, 0.29) is 6.54 Å². The van der Waals surface area contributed by atoms with Crippen molar-refractivity contribution in [1.29, 1.82) is 0 Å². The molecule has 0 saturated carbocycles. The second-order valence-corrected chi connectivity index (χ2v) is 3.16. The number of amides is 1. The topological polar surface area (TPSA) is 110 Å². The van der Waals surface area contributed by atoms with E-state index >= 15 is 0 Å². The van der Waals surface area contributed by atoms with E-state index in [1.807, 2.05) is 0 Å². The fraction of sp³-hybridized carbons (Fsp3) is 0.444. The third-order valence-electron chi connectivity index (χ3n) is 2.02. The molecule has 0 aliphatic carbocycles. The molecule has 0 aliphatic heterocycles. The van der Waals surface area contributed by atoms with Crippen molar-refractivity contribution in [1.82, 2.24) is 9.97 Å². The van der Waals surface area contributed by atoms with Gasteiger partial charge in [-0.05, 0) is 6.92 Å². The zero-order chi connectivity index (χ0) is 12.1. The van der Waals surface area contributed by atoms with Crippen LogP contribution in [0.4, 0.5) is 5.82 Å². The lowest BCUT2D eigenvalue weighted by Gasteiger charge is -2.12. The third-order valence-corrected chi connectivity index (χ3v) is 2.02. The summed E-state index contributed by atoms with van der Waals surface area (Å²) in [4.78, 5) is 18.4. The van der Waals surface area contributed by atoms with Gasteiger partial charge in [0.2, 0.25) is 11.8 Å². The van der Waals surface area contributed by atoms with Crippen molar-refractivity contribution in [2.24, 2.45) is 5.73 Å². The van der Waals surface area contributed by atoms with E-state index in [0.29, 0.717) is 17.3 Å². The average Bonchev–Trinajstić information content (AvgIpc) is 2.27. The summed E-state index contributed by atoms with van der Waals surface area (Å²) in [5.41, 5.74) is 5.60. The van der Waals surface area contributed by atoms with Crippen LogP contribution in [0.2, 0.25) is 0 Å². The van der Waals surface area contributed by atoms with Crippen molar-refractivity contribution in [2.45, 2.75) is 13.0 Å². The molecule has 0 aromatic carbocycles. The molecule has 88 valence electrons. The van der Waals surface area contributed by atoms with Crippen LogP contribution in [0.25, 0.3) is 0 Å². The van der Waals surface area contributed by atoms with E-state index in [0.717, 1.165) is 0 Å². The molecule has 7 nitrogen and oxygen atoms in total. The maximum absolute atomic E-state index is 10.6. The third kappa shape index (κ3) is 2.80. The van der Waals surface area contributed by atoms with Gasteiger partial charge in [-0.15, -0.1) is 0 Å². The molecule has 1 heterocycles. The molecule has 1 aromatic heterocycles. The molecular weight excluding hydrogens is 212 g/mol. The fourth-order valence-corrected chi connectivity index (χ4v) is 1.11. The average molecular weight is 226 g/mol. The monoisotopic (exact) mass is 226 g/mol. The van der Waals surface area contributed by atoms with Gasteiger partial charge in [-0.2, -0.15) is 0 Å². The number of carbonyl (C=O) groups is 1. The van der Waals surface area contributed by atoms with Crippen LogP contribution in [0, 0.1) is 6.92 Å².